The summed E-state index contributed by atoms with van der Waals surface area (Å²) in [6, 6.07) is 6.91. The lowest BCUT2D eigenvalue weighted by Crippen LogP contribution is -2.21. The van der Waals surface area contributed by atoms with E-state index >= 15 is 0 Å². The summed E-state index contributed by atoms with van der Waals surface area (Å²) in [6.45, 7) is 1.05. The molecule has 1 aromatic carbocycles. The second-order valence-electron chi connectivity index (χ2n) is 3.87. The Kier molecular flexibility index (Phi) is 4.23. The molecule has 92 valence electrons. The van der Waals surface area contributed by atoms with Crippen LogP contribution in [0.5, 0.6) is 0 Å². The summed E-state index contributed by atoms with van der Waals surface area (Å²) in [7, 11) is 0. The predicted molar refractivity (Wildman–Crippen MR) is 65.4 cm³/mol. The minimum absolute atomic E-state index is 0.0418. The van der Waals surface area contributed by atoms with Crippen LogP contribution in [-0.2, 0) is 9.47 Å². The summed E-state index contributed by atoms with van der Waals surface area (Å²) in [6.07, 6.45) is 1.54. The molecule has 0 bridgehead atoms. The molecule has 1 aliphatic rings. The standard InChI is InChI=1S/C12H14ClNO3/c13-9-3-1-4-10(7-9)14-12(15)17-8-11-5-2-6-16-11/h1,3-4,7,11H,2,5-6,8H2,(H,14,15). The molecule has 1 atom stereocenters. The molecule has 5 heteroatoms. The molecule has 0 aliphatic carbocycles. The number of rotatable bonds is 3. The third kappa shape index (κ3) is 3.91. The molecule has 1 aliphatic heterocycles. The molecular weight excluding hydrogens is 242 g/mol. The molecule has 2 rings (SSSR count). The number of ether oxygens (including phenoxy) is 2. The fraction of sp³-hybridized carbons (Fsp3) is 0.417. The topological polar surface area (TPSA) is 47.6 Å². The third-order valence-corrected chi connectivity index (χ3v) is 2.73. The first-order chi connectivity index (χ1) is 8.24. The summed E-state index contributed by atoms with van der Waals surface area (Å²) in [5.41, 5.74) is 0.620. The second-order valence-corrected chi connectivity index (χ2v) is 4.31. The molecule has 0 saturated carbocycles. The molecule has 1 N–H and O–H groups in total. The highest BCUT2D eigenvalue weighted by Gasteiger charge is 2.17. The van der Waals surface area contributed by atoms with Crippen molar-refractivity contribution in [1.82, 2.24) is 0 Å². The largest absolute Gasteiger partial charge is 0.447 e. The monoisotopic (exact) mass is 255 g/mol. The molecule has 0 radical (unpaired) electrons. The lowest BCUT2D eigenvalue weighted by atomic mass is 10.2. The Balaban J connectivity index is 1.76. The number of halogens is 1. The SMILES string of the molecule is O=C(Nc1cccc(Cl)c1)OCC1CCCO1. The lowest BCUT2D eigenvalue weighted by Gasteiger charge is -2.11. The Bertz CT molecular complexity index is 391. The van der Waals surface area contributed by atoms with E-state index in [-0.39, 0.29) is 6.10 Å². The Morgan fingerprint density at radius 2 is 2.47 bits per heavy atom. The van der Waals surface area contributed by atoms with E-state index in [1.807, 2.05) is 0 Å². The van der Waals surface area contributed by atoms with Crippen molar-refractivity contribution in [2.75, 3.05) is 18.5 Å². The van der Waals surface area contributed by atoms with E-state index in [0.717, 1.165) is 19.4 Å². The summed E-state index contributed by atoms with van der Waals surface area (Å²) >= 11 is 5.80. The van der Waals surface area contributed by atoms with Crippen molar-refractivity contribution < 1.29 is 14.3 Å². The van der Waals surface area contributed by atoms with Gasteiger partial charge in [-0.3, -0.25) is 5.32 Å². The van der Waals surface area contributed by atoms with Crippen LogP contribution in [0.2, 0.25) is 5.02 Å². The number of nitrogens with one attached hydrogen (secondary N) is 1. The molecule has 0 spiro atoms. The van der Waals surface area contributed by atoms with E-state index in [1.54, 1.807) is 24.3 Å². The van der Waals surface area contributed by atoms with Gasteiger partial charge in [-0.25, -0.2) is 4.79 Å². The quantitative estimate of drug-likeness (QED) is 0.903. The van der Waals surface area contributed by atoms with E-state index in [9.17, 15) is 4.79 Å². The highest BCUT2D eigenvalue weighted by molar-refractivity contribution is 6.30. The maximum absolute atomic E-state index is 11.4. The number of hydrogen-bond donors (Lipinski definition) is 1. The Morgan fingerprint density at radius 1 is 1.59 bits per heavy atom. The van der Waals surface area contributed by atoms with Crippen LogP contribution in [0.25, 0.3) is 0 Å². The number of carbonyl (C=O) groups is 1. The molecule has 0 aromatic heterocycles. The maximum atomic E-state index is 11.4. The van der Waals surface area contributed by atoms with Gasteiger partial charge < -0.3 is 9.47 Å². The van der Waals surface area contributed by atoms with Crippen LogP contribution in [0.1, 0.15) is 12.8 Å². The van der Waals surface area contributed by atoms with Gasteiger partial charge in [0, 0.05) is 17.3 Å². The van der Waals surface area contributed by atoms with Crippen LogP contribution in [0.15, 0.2) is 24.3 Å². The van der Waals surface area contributed by atoms with E-state index in [2.05, 4.69) is 5.32 Å². The third-order valence-electron chi connectivity index (χ3n) is 2.50. The molecular formula is C12H14ClNO3. The van der Waals surface area contributed by atoms with Gasteiger partial charge in [-0.2, -0.15) is 0 Å². The molecule has 4 nitrogen and oxygen atoms in total. The average Bonchev–Trinajstić information content (AvgIpc) is 2.79. The Hall–Kier alpha value is -1.26. The first-order valence-corrected chi connectivity index (χ1v) is 5.93. The predicted octanol–water partition coefficient (Wildman–Crippen LogP) is 3.07. The van der Waals surface area contributed by atoms with E-state index in [1.165, 1.54) is 0 Å². The van der Waals surface area contributed by atoms with E-state index in [0.29, 0.717) is 17.3 Å². The lowest BCUT2D eigenvalue weighted by molar-refractivity contribution is 0.0484. The number of carbonyl (C=O) groups excluding carboxylic acids is 1. The van der Waals surface area contributed by atoms with Gasteiger partial charge in [-0.05, 0) is 31.0 Å². The minimum Gasteiger partial charge on any atom is -0.447 e. The Labute approximate surface area is 105 Å². The number of benzene rings is 1. The molecule has 1 unspecified atom stereocenters. The fourth-order valence-electron chi connectivity index (χ4n) is 1.66. The molecule has 1 heterocycles. The van der Waals surface area contributed by atoms with Crippen molar-refractivity contribution >= 4 is 23.4 Å². The van der Waals surface area contributed by atoms with Crippen molar-refractivity contribution in [3.63, 3.8) is 0 Å². The number of anilines is 1. The van der Waals surface area contributed by atoms with Crippen molar-refractivity contribution in [2.45, 2.75) is 18.9 Å². The van der Waals surface area contributed by atoms with Gasteiger partial charge >= 0.3 is 6.09 Å². The molecule has 1 amide bonds. The average molecular weight is 256 g/mol. The van der Waals surface area contributed by atoms with Crippen molar-refractivity contribution in [1.29, 1.82) is 0 Å². The summed E-state index contributed by atoms with van der Waals surface area (Å²) in [5, 5.41) is 3.18. The van der Waals surface area contributed by atoms with Crippen LogP contribution >= 0.6 is 11.6 Å². The van der Waals surface area contributed by atoms with Crippen LogP contribution < -0.4 is 5.32 Å². The van der Waals surface area contributed by atoms with E-state index in [4.69, 9.17) is 21.1 Å². The summed E-state index contributed by atoms with van der Waals surface area (Å²) in [4.78, 5) is 11.4. The van der Waals surface area contributed by atoms with Gasteiger partial charge in [0.05, 0.1) is 6.10 Å². The van der Waals surface area contributed by atoms with Crippen molar-refractivity contribution in [2.24, 2.45) is 0 Å². The first kappa shape index (κ1) is 12.2. The zero-order valence-corrected chi connectivity index (χ0v) is 10.1. The fourth-order valence-corrected chi connectivity index (χ4v) is 1.85. The van der Waals surface area contributed by atoms with Gasteiger partial charge in [-0.15, -0.1) is 0 Å². The van der Waals surface area contributed by atoms with Crippen molar-refractivity contribution in [3.8, 4) is 0 Å². The van der Waals surface area contributed by atoms with E-state index < -0.39 is 6.09 Å². The zero-order valence-electron chi connectivity index (χ0n) is 9.32. The highest BCUT2D eigenvalue weighted by Crippen LogP contribution is 2.16. The van der Waals surface area contributed by atoms with Crippen LogP contribution in [0.4, 0.5) is 10.5 Å². The molecule has 1 fully saturated rings. The van der Waals surface area contributed by atoms with Gasteiger partial charge in [0.1, 0.15) is 6.61 Å². The Morgan fingerprint density at radius 3 is 3.18 bits per heavy atom. The smallest absolute Gasteiger partial charge is 0.411 e. The highest BCUT2D eigenvalue weighted by atomic mass is 35.5. The van der Waals surface area contributed by atoms with Crippen LogP contribution in [-0.4, -0.2) is 25.4 Å². The van der Waals surface area contributed by atoms with Crippen LogP contribution in [0.3, 0.4) is 0 Å². The minimum atomic E-state index is -0.484. The summed E-state index contributed by atoms with van der Waals surface area (Å²) in [5.74, 6) is 0. The first-order valence-electron chi connectivity index (χ1n) is 5.55. The normalized spacial score (nSPS) is 19.0. The molecule has 17 heavy (non-hydrogen) atoms. The van der Waals surface area contributed by atoms with Crippen molar-refractivity contribution in [3.05, 3.63) is 29.3 Å². The van der Waals surface area contributed by atoms with Crippen LogP contribution in [0, 0.1) is 0 Å². The maximum Gasteiger partial charge on any atom is 0.411 e. The molecule has 1 aromatic rings. The van der Waals surface area contributed by atoms with Gasteiger partial charge in [0.15, 0.2) is 0 Å². The zero-order chi connectivity index (χ0) is 12.1. The molecule has 1 saturated heterocycles. The second kappa shape index (κ2) is 5.89. The number of hydrogen-bond acceptors (Lipinski definition) is 3. The summed E-state index contributed by atoms with van der Waals surface area (Å²) < 4.78 is 10.4. The van der Waals surface area contributed by atoms with Gasteiger partial charge in [0.2, 0.25) is 0 Å². The number of amides is 1. The van der Waals surface area contributed by atoms with Gasteiger partial charge in [-0.1, -0.05) is 17.7 Å². The van der Waals surface area contributed by atoms with Gasteiger partial charge in [0.25, 0.3) is 0 Å².